The topological polar surface area (TPSA) is 58.6 Å². The fourth-order valence-electron chi connectivity index (χ4n) is 3.64. The molecule has 0 aromatic heterocycles. The van der Waals surface area contributed by atoms with Gasteiger partial charge >= 0.3 is 6.09 Å². The van der Waals surface area contributed by atoms with E-state index in [0.717, 1.165) is 0 Å². The number of ether oxygens (including phenoxy) is 1. The van der Waals surface area contributed by atoms with E-state index in [2.05, 4.69) is 29.6 Å². The summed E-state index contributed by atoms with van der Waals surface area (Å²) in [7, 11) is 0. The van der Waals surface area contributed by atoms with Gasteiger partial charge in [0.25, 0.3) is 0 Å². The summed E-state index contributed by atoms with van der Waals surface area (Å²) < 4.78 is 5.48. The van der Waals surface area contributed by atoms with Crippen LogP contribution in [0.1, 0.15) is 22.6 Å². The summed E-state index contributed by atoms with van der Waals surface area (Å²) in [6, 6.07) is 21.2. The number of hydrogen-bond acceptors (Lipinski definition) is 3. The molecule has 29 heavy (non-hydrogen) atoms. The van der Waals surface area contributed by atoms with Crippen molar-refractivity contribution >= 4 is 23.8 Å². The molecule has 0 saturated carbocycles. The van der Waals surface area contributed by atoms with E-state index in [9.17, 15) is 9.90 Å². The number of nitrogens with one attached hydrogen (secondary N) is 1. The van der Waals surface area contributed by atoms with E-state index in [1.807, 2.05) is 24.3 Å². The van der Waals surface area contributed by atoms with Gasteiger partial charge in [0.05, 0.1) is 0 Å². The molecule has 3 aromatic rings. The molecule has 0 bridgehead atoms. The van der Waals surface area contributed by atoms with Gasteiger partial charge in [-0.2, -0.15) is 0 Å². The second-order valence-corrected chi connectivity index (χ2v) is 7.25. The van der Waals surface area contributed by atoms with Crippen molar-refractivity contribution in [3.05, 3.63) is 94.5 Å². The number of halogens is 1. The number of hydrogen-bond donors (Lipinski definition) is 2. The normalized spacial score (nSPS) is 12.6. The fourth-order valence-corrected chi connectivity index (χ4v) is 3.82. The number of phenolic OH excluding ortho intramolecular Hbond substituents is 1. The Bertz CT molecular complexity index is 1030. The highest BCUT2D eigenvalue weighted by Gasteiger charge is 2.28. The van der Waals surface area contributed by atoms with Crippen LogP contribution in [0.15, 0.2) is 72.8 Å². The van der Waals surface area contributed by atoms with E-state index in [0.29, 0.717) is 10.6 Å². The molecule has 0 atom stereocenters. The van der Waals surface area contributed by atoms with Crippen molar-refractivity contribution in [2.45, 2.75) is 5.92 Å². The van der Waals surface area contributed by atoms with Gasteiger partial charge < -0.3 is 15.2 Å². The highest BCUT2D eigenvalue weighted by atomic mass is 35.5. The summed E-state index contributed by atoms with van der Waals surface area (Å²) >= 11 is 5.92. The Morgan fingerprint density at radius 3 is 2.38 bits per heavy atom. The SMILES string of the molecule is O=C(NCC=Cc1cc(Cl)ccc1O)OCC1c2ccccc2-c2ccccc21. The predicted molar refractivity (Wildman–Crippen MR) is 115 cm³/mol. The number of rotatable bonds is 5. The van der Waals surface area contributed by atoms with Crippen molar-refractivity contribution in [2.24, 2.45) is 0 Å². The summed E-state index contributed by atoms with van der Waals surface area (Å²) in [6.07, 6.45) is 2.95. The van der Waals surface area contributed by atoms with Gasteiger partial charge in [0.2, 0.25) is 0 Å². The van der Waals surface area contributed by atoms with Crippen LogP contribution >= 0.6 is 11.6 Å². The Morgan fingerprint density at radius 2 is 1.69 bits per heavy atom. The lowest BCUT2D eigenvalue weighted by Crippen LogP contribution is -2.26. The first kappa shape index (κ1) is 19.1. The first-order valence-electron chi connectivity index (χ1n) is 9.37. The monoisotopic (exact) mass is 405 g/mol. The van der Waals surface area contributed by atoms with Crippen LogP contribution in [0.2, 0.25) is 5.02 Å². The van der Waals surface area contributed by atoms with Crippen LogP contribution in [0, 0.1) is 0 Å². The largest absolute Gasteiger partial charge is 0.507 e. The number of carbonyl (C=O) groups is 1. The second kappa shape index (κ2) is 8.41. The molecule has 0 radical (unpaired) electrons. The Labute approximate surface area is 174 Å². The Kier molecular flexibility index (Phi) is 5.54. The summed E-state index contributed by atoms with van der Waals surface area (Å²) in [5.41, 5.74) is 5.34. The Hall–Kier alpha value is -3.24. The Morgan fingerprint density at radius 1 is 1.03 bits per heavy atom. The molecule has 0 spiro atoms. The Balaban J connectivity index is 1.34. The van der Waals surface area contributed by atoms with E-state index in [1.54, 1.807) is 24.3 Å². The lowest BCUT2D eigenvalue weighted by molar-refractivity contribution is 0.144. The number of amides is 1. The van der Waals surface area contributed by atoms with Crippen LogP contribution in [0.25, 0.3) is 17.2 Å². The zero-order valence-corrected chi connectivity index (χ0v) is 16.4. The summed E-state index contributed by atoms with van der Waals surface area (Å²) in [4.78, 5) is 12.1. The second-order valence-electron chi connectivity index (χ2n) is 6.81. The molecule has 4 nitrogen and oxygen atoms in total. The van der Waals surface area contributed by atoms with Gasteiger partial charge in [-0.25, -0.2) is 4.79 Å². The molecular weight excluding hydrogens is 386 g/mol. The summed E-state index contributed by atoms with van der Waals surface area (Å²) in [6.45, 7) is 0.557. The standard InChI is InChI=1S/C24H20ClNO3/c25-17-11-12-23(27)16(14-17)6-5-13-26-24(28)29-15-22-20-9-3-1-7-18(20)19-8-2-4-10-21(19)22/h1-12,14,22,27H,13,15H2,(H,26,28). The number of alkyl carbamates (subject to hydrolysis) is 1. The summed E-state index contributed by atoms with van der Waals surface area (Å²) in [5.74, 6) is 0.166. The maximum absolute atomic E-state index is 12.1. The number of aromatic hydroxyl groups is 1. The molecule has 0 unspecified atom stereocenters. The molecule has 1 aliphatic rings. The molecule has 0 aliphatic heterocycles. The van der Waals surface area contributed by atoms with Crippen LogP contribution in [-0.4, -0.2) is 24.4 Å². The third kappa shape index (κ3) is 4.13. The molecule has 2 N–H and O–H groups in total. The van der Waals surface area contributed by atoms with Crippen molar-refractivity contribution in [2.75, 3.05) is 13.2 Å². The zero-order valence-electron chi connectivity index (χ0n) is 15.6. The number of fused-ring (bicyclic) bond motifs is 3. The van der Waals surface area contributed by atoms with Crippen molar-refractivity contribution in [3.8, 4) is 16.9 Å². The molecule has 1 amide bonds. The highest BCUT2D eigenvalue weighted by molar-refractivity contribution is 6.30. The molecule has 5 heteroatoms. The smallest absolute Gasteiger partial charge is 0.407 e. The van der Waals surface area contributed by atoms with Crippen LogP contribution in [-0.2, 0) is 4.74 Å². The van der Waals surface area contributed by atoms with Gasteiger partial charge in [0, 0.05) is 23.0 Å². The molecule has 3 aromatic carbocycles. The van der Waals surface area contributed by atoms with Gasteiger partial charge in [-0.3, -0.25) is 0 Å². The van der Waals surface area contributed by atoms with Gasteiger partial charge in [-0.05, 0) is 40.5 Å². The zero-order chi connectivity index (χ0) is 20.2. The van der Waals surface area contributed by atoms with E-state index >= 15 is 0 Å². The van der Waals surface area contributed by atoms with E-state index < -0.39 is 6.09 Å². The van der Waals surface area contributed by atoms with Crippen LogP contribution < -0.4 is 5.32 Å². The molecule has 4 rings (SSSR count). The molecule has 1 aliphatic carbocycles. The highest BCUT2D eigenvalue weighted by Crippen LogP contribution is 2.44. The van der Waals surface area contributed by atoms with Gasteiger partial charge in [-0.1, -0.05) is 72.3 Å². The minimum atomic E-state index is -0.480. The quantitative estimate of drug-likeness (QED) is 0.581. The summed E-state index contributed by atoms with van der Waals surface area (Å²) in [5, 5.41) is 13.0. The molecule has 0 fully saturated rings. The minimum Gasteiger partial charge on any atom is -0.507 e. The van der Waals surface area contributed by atoms with Crippen LogP contribution in [0.5, 0.6) is 5.75 Å². The van der Waals surface area contributed by atoms with Crippen LogP contribution in [0.4, 0.5) is 4.79 Å². The molecule has 0 heterocycles. The minimum absolute atomic E-state index is 0.0344. The van der Waals surface area contributed by atoms with E-state index in [4.69, 9.17) is 16.3 Å². The number of carbonyl (C=O) groups excluding carboxylic acids is 1. The van der Waals surface area contributed by atoms with Gasteiger partial charge in [0.1, 0.15) is 12.4 Å². The predicted octanol–water partition coefficient (Wildman–Crippen LogP) is 5.60. The molecule has 146 valence electrons. The van der Waals surface area contributed by atoms with Crippen molar-refractivity contribution in [1.29, 1.82) is 0 Å². The number of phenols is 1. The van der Waals surface area contributed by atoms with Crippen LogP contribution in [0.3, 0.4) is 0 Å². The fraction of sp³-hybridized carbons (Fsp3) is 0.125. The maximum atomic E-state index is 12.1. The first-order chi connectivity index (χ1) is 14.1. The third-order valence-corrected chi connectivity index (χ3v) is 5.23. The lowest BCUT2D eigenvalue weighted by Gasteiger charge is -2.14. The number of benzene rings is 3. The van der Waals surface area contributed by atoms with Gasteiger partial charge in [0.15, 0.2) is 0 Å². The van der Waals surface area contributed by atoms with Crippen molar-refractivity contribution in [1.82, 2.24) is 5.32 Å². The lowest BCUT2D eigenvalue weighted by atomic mass is 9.98. The van der Waals surface area contributed by atoms with E-state index in [-0.39, 0.29) is 24.8 Å². The van der Waals surface area contributed by atoms with Gasteiger partial charge in [-0.15, -0.1) is 0 Å². The van der Waals surface area contributed by atoms with Crippen molar-refractivity contribution < 1.29 is 14.6 Å². The van der Waals surface area contributed by atoms with Crippen molar-refractivity contribution in [3.63, 3.8) is 0 Å². The first-order valence-corrected chi connectivity index (χ1v) is 9.75. The molecule has 0 saturated heterocycles. The molecular formula is C24H20ClNO3. The average Bonchev–Trinajstić information content (AvgIpc) is 3.06. The average molecular weight is 406 g/mol. The third-order valence-electron chi connectivity index (χ3n) is 4.99. The van der Waals surface area contributed by atoms with E-state index in [1.165, 1.54) is 28.3 Å². The maximum Gasteiger partial charge on any atom is 0.407 e.